The zero-order valence-corrected chi connectivity index (χ0v) is 11.9. The van der Waals surface area contributed by atoms with Crippen molar-refractivity contribution in [2.24, 2.45) is 11.7 Å². The molecule has 94 valence electrons. The first kappa shape index (κ1) is 13.8. The molecule has 3 N–H and O–H groups in total. The van der Waals surface area contributed by atoms with Crippen molar-refractivity contribution in [3.63, 3.8) is 0 Å². The minimum atomic E-state index is 0.291. The molecule has 0 saturated carbocycles. The number of nitrogens with one attached hydrogen (secondary N) is 1. The van der Waals surface area contributed by atoms with Crippen LogP contribution in [0.1, 0.15) is 37.6 Å². The van der Waals surface area contributed by atoms with Gasteiger partial charge < -0.3 is 11.1 Å². The van der Waals surface area contributed by atoms with E-state index >= 15 is 0 Å². The summed E-state index contributed by atoms with van der Waals surface area (Å²) in [4.78, 5) is 0.360. The molecule has 0 spiro atoms. The molecule has 1 aromatic rings. The summed E-state index contributed by atoms with van der Waals surface area (Å²) < 4.78 is 0. The Balaban J connectivity index is 3.16. The molecular weight excluding hydrogens is 232 g/mol. The van der Waals surface area contributed by atoms with E-state index in [1.165, 1.54) is 0 Å². The van der Waals surface area contributed by atoms with E-state index in [1.54, 1.807) is 0 Å². The van der Waals surface area contributed by atoms with Gasteiger partial charge in [-0.15, -0.1) is 5.10 Å². The van der Waals surface area contributed by atoms with Crippen molar-refractivity contribution < 1.29 is 0 Å². The highest BCUT2D eigenvalue weighted by Crippen LogP contribution is 2.20. The largest absolute Gasteiger partial charge is 0.389 e. The molecule has 1 atom stereocenters. The van der Waals surface area contributed by atoms with Crippen LogP contribution < -0.4 is 11.1 Å². The molecule has 0 aliphatic heterocycles. The quantitative estimate of drug-likeness (QED) is 0.804. The van der Waals surface area contributed by atoms with Crippen molar-refractivity contribution in [3.05, 3.63) is 16.8 Å². The summed E-state index contributed by atoms with van der Waals surface area (Å²) in [5.41, 5.74) is 8.41. The third-order valence-corrected chi connectivity index (χ3v) is 3.27. The zero-order valence-electron chi connectivity index (χ0n) is 11.0. The van der Waals surface area contributed by atoms with Crippen LogP contribution in [0.5, 0.6) is 0 Å². The summed E-state index contributed by atoms with van der Waals surface area (Å²) in [7, 11) is 0. The maximum atomic E-state index is 5.76. The molecular formula is C12H20N4S. The van der Waals surface area contributed by atoms with Gasteiger partial charge in [0.15, 0.2) is 5.82 Å². The van der Waals surface area contributed by atoms with Gasteiger partial charge in [-0.2, -0.15) is 5.10 Å². The number of thiocarbonyl (C=S) groups is 1. The maximum absolute atomic E-state index is 5.76. The first-order chi connectivity index (χ1) is 7.84. The standard InChI is InChI=1S/C12H20N4S/c1-6(2)8(4)14-12-10(11(13)17)7(3)9(5)15-16-12/h6,8H,1-5H3,(H2,13,17)(H,14,16). The van der Waals surface area contributed by atoms with E-state index in [1.807, 2.05) is 13.8 Å². The molecule has 1 rings (SSSR count). The molecule has 0 bridgehead atoms. The number of aryl methyl sites for hydroxylation is 1. The lowest BCUT2D eigenvalue weighted by atomic mass is 10.1. The second-order valence-corrected chi connectivity index (χ2v) is 5.12. The number of aromatic nitrogens is 2. The first-order valence-corrected chi connectivity index (χ1v) is 6.15. The molecule has 1 unspecified atom stereocenters. The topological polar surface area (TPSA) is 63.8 Å². The molecule has 0 radical (unpaired) electrons. The summed E-state index contributed by atoms with van der Waals surface area (Å²) in [6, 6.07) is 0.291. The lowest BCUT2D eigenvalue weighted by Gasteiger charge is -2.20. The molecule has 1 heterocycles. The van der Waals surface area contributed by atoms with Crippen LogP contribution in [0.15, 0.2) is 0 Å². The Morgan fingerprint density at radius 3 is 2.29 bits per heavy atom. The van der Waals surface area contributed by atoms with Gasteiger partial charge in [0.1, 0.15) is 4.99 Å². The third kappa shape index (κ3) is 3.12. The molecule has 1 aromatic heterocycles. The molecule has 0 fully saturated rings. The van der Waals surface area contributed by atoms with Crippen molar-refractivity contribution >= 4 is 23.0 Å². The minimum absolute atomic E-state index is 0.291. The summed E-state index contributed by atoms with van der Waals surface area (Å²) >= 11 is 5.09. The number of hydrogen-bond acceptors (Lipinski definition) is 4. The lowest BCUT2D eigenvalue weighted by molar-refractivity contribution is 0.557. The molecule has 0 aromatic carbocycles. The Hall–Kier alpha value is -1.23. The van der Waals surface area contributed by atoms with Gasteiger partial charge in [0.2, 0.25) is 0 Å². The summed E-state index contributed by atoms with van der Waals surface area (Å²) in [5, 5.41) is 11.6. The minimum Gasteiger partial charge on any atom is -0.389 e. The second kappa shape index (κ2) is 5.40. The van der Waals surface area contributed by atoms with E-state index in [9.17, 15) is 0 Å². The molecule has 17 heavy (non-hydrogen) atoms. The van der Waals surface area contributed by atoms with Gasteiger partial charge in [-0.05, 0) is 32.3 Å². The maximum Gasteiger partial charge on any atom is 0.159 e. The zero-order chi connectivity index (χ0) is 13.2. The van der Waals surface area contributed by atoms with Crippen LogP contribution in [-0.4, -0.2) is 21.2 Å². The lowest BCUT2D eigenvalue weighted by Crippen LogP contribution is -2.26. The van der Waals surface area contributed by atoms with Crippen LogP contribution >= 0.6 is 12.2 Å². The monoisotopic (exact) mass is 252 g/mol. The SMILES string of the molecule is Cc1nnc(NC(C)C(C)C)c(C(N)=S)c1C. The van der Waals surface area contributed by atoms with Crippen LogP contribution in [0.4, 0.5) is 5.82 Å². The predicted molar refractivity (Wildman–Crippen MR) is 75.3 cm³/mol. The molecule has 0 aliphatic carbocycles. The van der Waals surface area contributed by atoms with E-state index < -0.39 is 0 Å². The van der Waals surface area contributed by atoms with Crippen molar-refractivity contribution in [2.45, 2.75) is 40.7 Å². The Morgan fingerprint density at radius 2 is 1.82 bits per heavy atom. The average Bonchev–Trinajstić information content (AvgIpc) is 2.22. The normalized spacial score (nSPS) is 12.6. The second-order valence-electron chi connectivity index (χ2n) is 4.68. The van der Waals surface area contributed by atoms with E-state index in [2.05, 4.69) is 36.3 Å². The van der Waals surface area contributed by atoms with Crippen LogP contribution in [0, 0.1) is 19.8 Å². The fourth-order valence-electron chi connectivity index (χ4n) is 1.39. The number of anilines is 1. The summed E-state index contributed by atoms with van der Waals surface area (Å²) in [6.45, 7) is 10.3. The average molecular weight is 252 g/mol. The van der Waals surface area contributed by atoms with E-state index in [-0.39, 0.29) is 0 Å². The molecule has 0 saturated heterocycles. The Kier molecular flexibility index (Phi) is 4.40. The first-order valence-electron chi connectivity index (χ1n) is 5.74. The van der Waals surface area contributed by atoms with Gasteiger partial charge in [0.05, 0.1) is 11.3 Å². The van der Waals surface area contributed by atoms with E-state index in [4.69, 9.17) is 18.0 Å². The fourth-order valence-corrected chi connectivity index (χ4v) is 1.64. The highest BCUT2D eigenvalue weighted by Gasteiger charge is 2.16. The highest BCUT2D eigenvalue weighted by atomic mass is 32.1. The Labute approximate surface area is 108 Å². The smallest absolute Gasteiger partial charge is 0.159 e. The molecule has 4 nitrogen and oxygen atoms in total. The Bertz CT molecular complexity index is 429. The molecule has 5 heteroatoms. The van der Waals surface area contributed by atoms with E-state index in [0.29, 0.717) is 22.8 Å². The number of nitrogens with zero attached hydrogens (tertiary/aromatic N) is 2. The van der Waals surface area contributed by atoms with Gasteiger partial charge in [0.25, 0.3) is 0 Å². The van der Waals surface area contributed by atoms with Gasteiger partial charge >= 0.3 is 0 Å². The Morgan fingerprint density at radius 1 is 1.24 bits per heavy atom. The summed E-state index contributed by atoms with van der Waals surface area (Å²) in [6.07, 6.45) is 0. The van der Waals surface area contributed by atoms with Crippen molar-refractivity contribution in [2.75, 3.05) is 5.32 Å². The van der Waals surface area contributed by atoms with Crippen LogP contribution in [-0.2, 0) is 0 Å². The van der Waals surface area contributed by atoms with Crippen LogP contribution in [0.3, 0.4) is 0 Å². The van der Waals surface area contributed by atoms with Crippen molar-refractivity contribution in [3.8, 4) is 0 Å². The van der Waals surface area contributed by atoms with Crippen molar-refractivity contribution in [1.82, 2.24) is 10.2 Å². The number of nitrogens with two attached hydrogens (primary N) is 1. The summed E-state index contributed by atoms with van der Waals surface area (Å²) in [5.74, 6) is 1.18. The van der Waals surface area contributed by atoms with Gasteiger partial charge in [-0.25, -0.2) is 0 Å². The third-order valence-electron chi connectivity index (χ3n) is 3.07. The fraction of sp³-hybridized carbons (Fsp3) is 0.583. The number of hydrogen-bond donors (Lipinski definition) is 2. The van der Waals surface area contributed by atoms with Crippen molar-refractivity contribution in [1.29, 1.82) is 0 Å². The van der Waals surface area contributed by atoms with Gasteiger partial charge in [-0.1, -0.05) is 26.1 Å². The van der Waals surface area contributed by atoms with Crippen LogP contribution in [0.2, 0.25) is 0 Å². The number of rotatable bonds is 4. The van der Waals surface area contributed by atoms with Crippen LogP contribution in [0.25, 0.3) is 0 Å². The van der Waals surface area contributed by atoms with E-state index in [0.717, 1.165) is 16.8 Å². The van der Waals surface area contributed by atoms with Gasteiger partial charge in [-0.3, -0.25) is 0 Å². The predicted octanol–water partition coefficient (Wildman–Crippen LogP) is 2.18. The molecule has 0 amide bonds. The van der Waals surface area contributed by atoms with Gasteiger partial charge in [0, 0.05) is 6.04 Å². The highest BCUT2D eigenvalue weighted by molar-refractivity contribution is 7.80. The molecule has 0 aliphatic rings.